The molecule has 0 amide bonds. The number of aryl methyl sites for hydroxylation is 2. The van der Waals surface area contributed by atoms with E-state index in [-0.39, 0.29) is 7.13 Å². The number of rotatable bonds is 1. The summed E-state index contributed by atoms with van der Waals surface area (Å²) in [6.45, 7) is 4.30. The molecule has 0 saturated heterocycles. The Labute approximate surface area is 64.0 Å². The van der Waals surface area contributed by atoms with Gasteiger partial charge in [-0.2, -0.15) is 0 Å². The minimum Gasteiger partial charge on any atom is -0.0617 e. The molecular weight excluding hydrogens is 108 g/mol. The van der Waals surface area contributed by atoms with Crippen molar-refractivity contribution in [3.63, 3.8) is 0 Å². The first-order valence-electron chi connectivity index (χ1n) is 3.38. The average molecular weight is 130 g/mol. The molecule has 0 aliphatic heterocycles. The lowest BCUT2D eigenvalue weighted by molar-refractivity contribution is 1.13. The highest BCUT2D eigenvalue weighted by Crippen LogP contribution is 2.03. The van der Waals surface area contributed by atoms with Crippen LogP contribution in [0.3, 0.4) is 0 Å². The van der Waals surface area contributed by atoms with Crippen LogP contribution >= 0.6 is 0 Å². The van der Waals surface area contributed by atoms with Crippen LogP contribution in [-0.2, 0) is 6.42 Å². The first kappa shape index (κ1) is 6.34. The second-order valence-corrected chi connectivity index (χ2v) is 2.34. The van der Waals surface area contributed by atoms with Crippen LogP contribution in [0, 0.1) is 6.92 Å². The molecule has 0 radical (unpaired) electrons. The fourth-order valence-electron chi connectivity index (χ4n) is 0.932. The van der Waals surface area contributed by atoms with Gasteiger partial charge >= 0.3 is 0 Å². The molecule has 0 heterocycles. The van der Waals surface area contributed by atoms with E-state index in [2.05, 4.69) is 38.1 Å². The Morgan fingerprint density at radius 2 is 2.22 bits per heavy atom. The first-order chi connectivity index (χ1) is 4.33. The number of hydrogen-bond donors (Lipinski definition) is 0. The van der Waals surface area contributed by atoms with Crippen LogP contribution < -0.4 is 0 Å². The lowest BCUT2D eigenvalue weighted by atomic mass is 10.1. The standard InChI is InChI=1S/C9H12.5H2/c1-3-9-6-4-5-8(2)7-9;;;;;/h4-7H,3H2,1-2H3;5*1H. The van der Waals surface area contributed by atoms with Crippen LogP contribution in [0.1, 0.15) is 25.2 Å². The number of benzene rings is 1. The SMILES string of the molecule is CCc1cccc(C)c1.[HH].[HH].[HH].[HH].[HH]. The van der Waals surface area contributed by atoms with E-state index in [0.29, 0.717) is 0 Å². The minimum atomic E-state index is 0. The van der Waals surface area contributed by atoms with Crippen molar-refractivity contribution in [3.8, 4) is 0 Å². The second kappa shape index (κ2) is 2.67. The van der Waals surface area contributed by atoms with Crippen molar-refractivity contribution in [2.24, 2.45) is 0 Å². The van der Waals surface area contributed by atoms with Gasteiger partial charge in [-0.05, 0) is 18.9 Å². The predicted octanol–water partition coefficient (Wildman–Crippen LogP) is 3.79. The van der Waals surface area contributed by atoms with Crippen molar-refractivity contribution in [2.45, 2.75) is 20.3 Å². The van der Waals surface area contributed by atoms with Gasteiger partial charge in [-0.15, -0.1) is 0 Å². The Hall–Kier alpha value is -0.780. The van der Waals surface area contributed by atoms with E-state index in [1.54, 1.807) is 0 Å². The van der Waals surface area contributed by atoms with Crippen LogP contribution in [0.2, 0.25) is 0 Å². The van der Waals surface area contributed by atoms with Gasteiger partial charge in [-0.3, -0.25) is 0 Å². The number of hydrogen-bond acceptors (Lipinski definition) is 0. The molecule has 0 heteroatoms. The van der Waals surface area contributed by atoms with Gasteiger partial charge in [-0.1, -0.05) is 36.8 Å². The molecule has 0 spiro atoms. The maximum atomic E-state index is 2.22. The molecule has 0 aliphatic carbocycles. The van der Waals surface area contributed by atoms with Crippen molar-refractivity contribution in [1.29, 1.82) is 0 Å². The van der Waals surface area contributed by atoms with E-state index in [9.17, 15) is 0 Å². The third-order valence-electron chi connectivity index (χ3n) is 1.49. The van der Waals surface area contributed by atoms with Crippen molar-refractivity contribution in [3.05, 3.63) is 35.4 Å². The molecule has 0 nitrogen and oxygen atoms in total. The van der Waals surface area contributed by atoms with Gasteiger partial charge in [0.2, 0.25) is 0 Å². The molecule has 0 saturated carbocycles. The fraction of sp³-hybridized carbons (Fsp3) is 0.333. The predicted molar refractivity (Wildman–Crippen MR) is 51.1 cm³/mol. The van der Waals surface area contributed by atoms with Crippen LogP contribution in [0.5, 0.6) is 0 Å². The minimum absolute atomic E-state index is 0. The Bertz CT molecular complexity index is 202. The molecule has 9 heavy (non-hydrogen) atoms. The van der Waals surface area contributed by atoms with Gasteiger partial charge in [0.1, 0.15) is 0 Å². The van der Waals surface area contributed by atoms with Crippen molar-refractivity contribution >= 4 is 0 Å². The van der Waals surface area contributed by atoms with Crippen molar-refractivity contribution in [1.82, 2.24) is 0 Å². The molecule has 0 aliphatic rings. The maximum Gasteiger partial charge on any atom is 0 e. The summed E-state index contributed by atoms with van der Waals surface area (Å²) in [7, 11) is 0. The van der Waals surface area contributed by atoms with Crippen molar-refractivity contribution < 1.29 is 7.13 Å². The maximum absolute atomic E-state index is 2.22. The fourth-order valence-corrected chi connectivity index (χ4v) is 0.932. The summed E-state index contributed by atoms with van der Waals surface area (Å²) in [6, 6.07) is 8.61. The Kier molecular flexibility index (Phi) is 1.88. The first-order valence-corrected chi connectivity index (χ1v) is 3.38. The quantitative estimate of drug-likeness (QED) is 0.542. The summed E-state index contributed by atoms with van der Waals surface area (Å²) >= 11 is 0. The normalized spacial score (nSPS) is 9.56. The largest absolute Gasteiger partial charge is 0.0617 e. The third kappa shape index (κ3) is 1.56. The van der Waals surface area contributed by atoms with E-state index in [0.717, 1.165) is 6.42 Å². The molecule has 0 unspecified atom stereocenters. The molecule has 1 aromatic rings. The smallest absolute Gasteiger partial charge is 0 e. The molecule has 1 rings (SSSR count). The summed E-state index contributed by atoms with van der Waals surface area (Å²) in [4.78, 5) is 0. The molecule has 1 aromatic carbocycles. The van der Waals surface area contributed by atoms with E-state index in [1.165, 1.54) is 11.1 Å². The molecule has 0 N–H and O–H groups in total. The van der Waals surface area contributed by atoms with Gasteiger partial charge in [-0.25, -0.2) is 0 Å². The molecule has 0 aromatic heterocycles. The summed E-state index contributed by atoms with van der Waals surface area (Å²) in [5.74, 6) is 0. The topological polar surface area (TPSA) is 0 Å². The highest BCUT2D eigenvalue weighted by atomic mass is 13.9. The molecule has 0 fully saturated rings. The molecule has 0 bridgehead atoms. The van der Waals surface area contributed by atoms with Gasteiger partial charge in [0, 0.05) is 7.13 Å². The summed E-state index contributed by atoms with van der Waals surface area (Å²) in [6.07, 6.45) is 1.14. The van der Waals surface area contributed by atoms with E-state index >= 15 is 0 Å². The van der Waals surface area contributed by atoms with Gasteiger partial charge in [0.15, 0.2) is 0 Å². The zero-order valence-corrected chi connectivity index (χ0v) is 6.02. The molecule has 58 valence electrons. The van der Waals surface area contributed by atoms with Gasteiger partial charge < -0.3 is 0 Å². The highest BCUT2D eigenvalue weighted by Gasteiger charge is 1.85. The van der Waals surface area contributed by atoms with E-state index in [1.807, 2.05) is 0 Å². The Morgan fingerprint density at radius 1 is 1.44 bits per heavy atom. The summed E-state index contributed by atoms with van der Waals surface area (Å²) < 4.78 is 0. The zero-order chi connectivity index (χ0) is 6.69. The monoisotopic (exact) mass is 130 g/mol. The highest BCUT2D eigenvalue weighted by molar-refractivity contribution is 5.21. The van der Waals surface area contributed by atoms with Crippen LogP contribution in [-0.4, -0.2) is 0 Å². The van der Waals surface area contributed by atoms with E-state index in [4.69, 9.17) is 0 Å². The second-order valence-electron chi connectivity index (χ2n) is 2.34. The zero-order valence-electron chi connectivity index (χ0n) is 6.02. The Morgan fingerprint density at radius 3 is 2.67 bits per heavy atom. The van der Waals surface area contributed by atoms with Gasteiger partial charge in [0.05, 0.1) is 0 Å². The van der Waals surface area contributed by atoms with Crippen LogP contribution in [0.4, 0.5) is 0 Å². The van der Waals surface area contributed by atoms with Gasteiger partial charge in [0.25, 0.3) is 0 Å². The lowest BCUT2D eigenvalue weighted by Crippen LogP contribution is -1.78. The summed E-state index contributed by atoms with van der Waals surface area (Å²) in [5.41, 5.74) is 2.78. The average Bonchev–Trinajstić information content (AvgIpc) is 1.88. The summed E-state index contributed by atoms with van der Waals surface area (Å²) in [5, 5.41) is 0. The van der Waals surface area contributed by atoms with Crippen molar-refractivity contribution in [2.75, 3.05) is 0 Å². The van der Waals surface area contributed by atoms with Crippen LogP contribution in [0.25, 0.3) is 0 Å². The van der Waals surface area contributed by atoms with E-state index < -0.39 is 0 Å². The van der Waals surface area contributed by atoms with Crippen LogP contribution in [0.15, 0.2) is 24.3 Å². The lowest BCUT2D eigenvalue weighted by Gasteiger charge is -1.95. The molecular formula is C9H22. The third-order valence-corrected chi connectivity index (χ3v) is 1.49. The molecule has 0 atom stereocenters. The Balaban J connectivity index is -0.0000000540.